The van der Waals surface area contributed by atoms with Crippen LogP contribution in [0.15, 0.2) is 72.8 Å². The van der Waals surface area contributed by atoms with E-state index in [1.807, 2.05) is 36.4 Å². The summed E-state index contributed by atoms with van der Waals surface area (Å²) in [5, 5.41) is 0. The van der Waals surface area contributed by atoms with Crippen molar-refractivity contribution in [2.75, 3.05) is 19.7 Å². The molecule has 2 unspecified atom stereocenters. The van der Waals surface area contributed by atoms with Gasteiger partial charge in [-0.15, -0.1) is 0 Å². The average molecular weight is 337 g/mol. The molecule has 2 aromatic rings. The van der Waals surface area contributed by atoms with Gasteiger partial charge < -0.3 is 9.47 Å². The molecule has 25 heavy (non-hydrogen) atoms. The van der Waals surface area contributed by atoms with Crippen LogP contribution in [-0.4, -0.2) is 36.7 Å². The molecular weight excluding hydrogens is 310 g/mol. The van der Waals surface area contributed by atoms with Crippen molar-refractivity contribution in [1.82, 2.24) is 4.90 Å². The maximum absolute atomic E-state index is 6.21. The Morgan fingerprint density at radius 3 is 2.20 bits per heavy atom. The summed E-state index contributed by atoms with van der Waals surface area (Å²) in [6.07, 6.45) is 4.45. The molecule has 0 aromatic heterocycles. The smallest absolute Gasteiger partial charge is 0.0938 e. The standard InChI is InChI=1S/C22H27NO2/c1-2-23-15-9-14-22(25-17-20-12-7-4-8-13-20)21(23)18-24-16-19-10-5-3-6-11-19/h3-14,21-22H,2,15-18H2,1H3. The minimum Gasteiger partial charge on any atom is -0.375 e. The molecule has 0 amide bonds. The van der Waals surface area contributed by atoms with Crippen molar-refractivity contribution in [2.45, 2.75) is 32.3 Å². The Morgan fingerprint density at radius 1 is 0.920 bits per heavy atom. The molecule has 2 aromatic carbocycles. The lowest BCUT2D eigenvalue weighted by Crippen LogP contribution is -2.49. The van der Waals surface area contributed by atoms with Crippen molar-refractivity contribution in [3.63, 3.8) is 0 Å². The second-order valence-electron chi connectivity index (χ2n) is 6.35. The minimum atomic E-state index is 0.0599. The largest absolute Gasteiger partial charge is 0.375 e. The van der Waals surface area contributed by atoms with Gasteiger partial charge in [0.2, 0.25) is 0 Å². The quantitative estimate of drug-likeness (QED) is 0.678. The third-order valence-electron chi connectivity index (χ3n) is 4.61. The fraction of sp³-hybridized carbons (Fsp3) is 0.364. The van der Waals surface area contributed by atoms with E-state index >= 15 is 0 Å². The van der Waals surface area contributed by atoms with E-state index in [0.717, 1.165) is 13.1 Å². The Balaban J connectivity index is 1.57. The zero-order valence-corrected chi connectivity index (χ0v) is 14.9. The monoisotopic (exact) mass is 337 g/mol. The van der Waals surface area contributed by atoms with Gasteiger partial charge in [0.1, 0.15) is 0 Å². The first kappa shape index (κ1) is 17.9. The Hall–Kier alpha value is -1.94. The number of hydrogen-bond donors (Lipinski definition) is 0. The maximum Gasteiger partial charge on any atom is 0.0938 e. The lowest BCUT2D eigenvalue weighted by Gasteiger charge is -2.37. The number of ether oxygens (including phenoxy) is 2. The van der Waals surface area contributed by atoms with Crippen LogP contribution in [-0.2, 0) is 22.7 Å². The Labute approximate surface area is 150 Å². The van der Waals surface area contributed by atoms with Crippen LogP contribution < -0.4 is 0 Å². The molecule has 0 bridgehead atoms. The third-order valence-corrected chi connectivity index (χ3v) is 4.61. The van der Waals surface area contributed by atoms with Crippen molar-refractivity contribution in [2.24, 2.45) is 0 Å². The van der Waals surface area contributed by atoms with Crippen molar-refractivity contribution in [3.05, 3.63) is 83.9 Å². The van der Waals surface area contributed by atoms with E-state index in [9.17, 15) is 0 Å². The van der Waals surface area contributed by atoms with Gasteiger partial charge in [0.05, 0.1) is 32.0 Å². The van der Waals surface area contributed by atoms with Crippen LogP contribution in [0.3, 0.4) is 0 Å². The average Bonchev–Trinajstić information content (AvgIpc) is 2.68. The highest BCUT2D eigenvalue weighted by Gasteiger charge is 2.28. The van der Waals surface area contributed by atoms with E-state index in [1.54, 1.807) is 0 Å². The summed E-state index contributed by atoms with van der Waals surface area (Å²) < 4.78 is 12.2. The summed E-state index contributed by atoms with van der Waals surface area (Å²) >= 11 is 0. The van der Waals surface area contributed by atoms with Gasteiger partial charge >= 0.3 is 0 Å². The molecule has 0 aliphatic carbocycles. The van der Waals surface area contributed by atoms with Gasteiger partial charge in [-0.3, -0.25) is 4.90 Å². The molecule has 0 saturated carbocycles. The van der Waals surface area contributed by atoms with Crippen LogP contribution in [0.2, 0.25) is 0 Å². The molecule has 0 saturated heterocycles. The van der Waals surface area contributed by atoms with Gasteiger partial charge in [0, 0.05) is 6.54 Å². The summed E-state index contributed by atoms with van der Waals surface area (Å²) in [7, 11) is 0. The molecule has 1 aliphatic rings. The fourth-order valence-corrected chi connectivity index (χ4v) is 3.17. The Kier molecular flexibility index (Phi) is 6.80. The lowest BCUT2D eigenvalue weighted by atomic mass is 10.1. The van der Waals surface area contributed by atoms with E-state index in [0.29, 0.717) is 19.8 Å². The molecular formula is C22H27NO2. The summed E-state index contributed by atoms with van der Waals surface area (Å²) in [5.74, 6) is 0. The van der Waals surface area contributed by atoms with Gasteiger partial charge in [-0.1, -0.05) is 79.7 Å². The van der Waals surface area contributed by atoms with Gasteiger partial charge in [0.15, 0.2) is 0 Å². The van der Waals surface area contributed by atoms with Gasteiger partial charge in [-0.2, -0.15) is 0 Å². The number of rotatable bonds is 8. The van der Waals surface area contributed by atoms with Gasteiger partial charge in [-0.05, 0) is 17.7 Å². The number of nitrogens with zero attached hydrogens (tertiary/aromatic N) is 1. The molecule has 0 radical (unpaired) electrons. The number of hydrogen-bond acceptors (Lipinski definition) is 3. The molecule has 3 heteroatoms. The SMILES string of the molecule is CCN1CC=CC(OCc2ccccc2)C1COCc1ccccc1. The zero-order chi connectivity index (χ0) is 17.3. The van der Waals surface area contributed by atoms with Crippen molar-refractivity contribution >= 4 is 0 Å². The summed E-state index contributed by atoms with van der Waals surface area (Å²) in [4.78, 5) is 2.42. The molecule has 132 valence electrons. The van der Waals surface area contributed by atoms with E-state index in [4.69, 9.17) is 9.47 Å². The van der Waals surface area contributed by atoms with Crippen LogP contribution in [0.4, 0.5) is 0 Å². The third kappa shape index (κ3) is 5.27. The Morgan fingerprint density at radius 2 is 1.56 bits per heavy atom. The highest BCUT2D eigenvalue weighted by molar-refractivity contribution is 5.15. The van der Waals surface area contributed by atoms with Crippen LogP contribution in [0.5, 0.6) is 0 Å². The molecule has 0 N–H and O–H groups in total. The summed E-state index contributed by atoms with van der Waals surface area (Å²) in [6.45, 7) is 6.09. The van der Waals surface area contributed by atoms with Crippen molar-refractivity contribution in [1.29, 1.82) is 0 Å². The topological polar surface area (TPSA) is 21.7 Å². The lowest BCUT2D eigenvalue weighted by molar-refractivity contribution is -0.0382. The van der Waals surface area contributed by atoms with E-state index < -0.39 is 0 Å². The van der Waals surface area contributed by atoms with Crippen molar-refractivity contribution < 1.29 is 9.47 Å². The molecule has 0 fully saturated rings. The van der Waals surface area contributed by atoms with E-state index in [1.165, 1.54) is 11.1 Å². The van der Waals surface area contributed by atoms with Gasteiger partial charge in [-0.25, -0.2) is 0 Å². The molecule has 3 nitrogen and oxygen atoms in total. The molecule has 1 aliphatic heterocycles. The fourth-order valence-electron chi connectivity index (χ4n) is 3.17. The second-order valence-corrected chi connectivity index (χ2v) is 6.35. The summed E-state index contributed by atoms with van der Waals surface area (Å²) in [6, 6.07) is 20.9. The number of likely N-dealkylation sites (N-methyl/N-ethyl adjacent to an activating group) is 1. The predicted octanol–water partition coefficient (Wildman–Crippen LogP) is 4.05. The first-order valence-electron chi connectivity index (χ1n) is 9.04. The van der Waals surface area contributed by atoms with Crippen LogP contribution in [0.1, 0.15) is 18.1 Å². The zero-order valence-electron chi connectivity index (χ0n) is 14.9. The molecule has 0 spiro atoms. The first-order valence-corrected chi connectivity index (χ1v) is 9.04. The minimum absolute atomic E-state index is 0.0599. The molecule has 3 rings (SSSR count). The predicted molar refractivity (Wildman–Crippen MR) is 101 cm³/mol. The van der Waals surface area contributed by atoms with Crippen LogP contribution in [0.25, 0.3) is 0 Å². The van der Waals surface area contributed by atoms with Crippen LogP contribution in [0, 0.1) is 0 Å². The highest BCUT2D eigenvalue weighted by Crippen LogP contribution is 2.18. The molecule has 1 heterocycles. The first-order chi connectivity index (χ1) is 12.4. The second kappa shape index (κ2) is 9.52. The highest BCUT2D eigenvalue weighted by atomic mass is 16.5. The van der Waals surface area contributed by atoms with E-state index in [2.05, 4.69) is 48.2 Å². The normalized spacial score (nSPS) is 20.7. The Bertz CT molecular complexity index is 642. The maximum atomic E-state index is 6.21. The number of benzene rings is 2. The van der Waals surface area contributed by atoms with Crippen molar-refractivity contribution in [3.8, 4) is 0 Å². The summed E-state index contributed by atoms with van der Waals surface area (Å²) in [5.41, 5.74) is 2.41. The van der Waals surface area contributed by atoms with E-state index in [-0.39, 0.29) is 12.1 Å². The van der Waals surface area contributed by atoms with Crippen LogP contribution >= 0.6 is 0 Å². The van der Waals surface area contributed by atoms with Gasteiger partial charge in [0.25, 0.3) is 0 Å². The molecule has 2 atom stereocenters.